The van der Waals surface area contributed by atoms with Crippen LogP contribution in [0.2, 0.25) is 0 Å². The highest BCUT2D eigenvalue weighted by Crippen LogP contribution is 2.17. The van der Waals surface area contributed by atoms with Gasteiger partial charge in [0.05, 0.1) is 11.2 Å². The van der Waals surface area contributed by atoms with E-state index in [0.29, 0.717) is 11.1 Å². The Morgan fingerprint density at radius 1 is 1.53 bits per heavy atom. The van der Waals surface area contributed by atoms with Crippen molar-refractivity contribution in [2.24, 2.45) is 0 Å². The fraction of sp³-hybridized carbons (Fsp3) is 0.308. The summed E-state index contributed by atoms with van der Waals surface area (Å²) in [5.74, 6) is 1.55. The summed E-state index contributed by atoms with van der Waals surface area (Å²) in [6, 6.07) is 2.54. The topological polar surface area (TPSA) is 55.1 Å². The van der Waals surface area contributed by atoms with Gasteiger partial charge in [-0.25, -0.2) is 4.39 Å². The number of nitrogen functional groups attached to an aromatic ring is 1. The van der Waals surface area contributed by atoms with Crippen molar-refractivity contribution in [3.05, 3.63) is 29.1 Å². The summed E-state index contributed by atoms with van der Waals surface area (Å²) >= 11 is 0. The van der Waals surface area contributed by atoms with Crippen molar-refractivity contribution >= 4 is 11.6 Å². The van der Waals surface area contributed by atoms with Gasteiger partial charge in [0.25, 0.3) is 5.91 Å². The van der Waals surface area contributed by atoms with Gasteiger partial charge in [0.1, 0.15) is 5.82 Å². The van der Waals surface area contributed by atoms with E-state index in [9.17, 15) is 9.18 Å². The highest BCUT2D eigenvalue weighted by atomic mass is 19.1. The number of hydrogen-bond donors (Lipinski definition) is 2. The van der Waals surface area contributed by atoms with E-state index in [1.54, 1.807) is 20.8 Å². The van der Waals surface area contributed by atoms with Gasteiger partial charge in [-0.3, -0.25) is 4.79 Å². The molecule has 0 spiro atoms. The number of carbonyl (C=O) groups is 1. The number of benzene rings is 1. The number of terminal acetylenes is 1. The molecule has 0 heterocycles. The first kappa shape index (κ1) is 13.0. The van der Waals surface area contributed by atoms with Crippen molar-refractivity contribution < 1.29 is 9.18 Å². The van der Waals surface area contributed by atoms with Crippen LogP contribution in [0.5, 0.6) is 0 Å². The molecular weight excluding hydrogens is 219 g/mol. The first-order chi connectivity index (χ1) is 7.76. The molecule has 1 aromatic carbocycles. The number of carbonyl (C=O) groups excluding carboxylic acids is 1. The molecule has 0 radical (unpaired) electrons. The Kier molecular flexibility index (Phi) is 3.42. The first-order valence-corrected chi connectivity index (χ1v) is 5.13. The SMILES string of the molecule is C#CC(C)(C)NC(=O)c1cc(N)c(F)cc1C. The third-order valence-corrected chi connectivity index (χ3v) is 2.38. The average molecular weight is 234 g/mol. The van der Waals surface area contributed by atoms with Crippen LogP contribution >= 0.6 is 0 Å². The number of rotatable bonds is 2. The van der Waals surface area contributed by atoms with Crippen molar-refractivity contribution in [3.8, 4) is 12.3 Å². The summed E-state index contributed by atoms with van der Waals surface area (Å²) in [4.78, 5) is 11.9. The third kappa shape index (κ3) is 2.97. The van der Waals surface area contributed by atoms with E-state index < -0.39 is 11.4 Å². The van der Waals surface area contributed by atoms with Crippen LogP contribution in [0.3, 0.4) is 0 Å². The number of nitrogens with one attached hydrogen (secondary N) is 1. The molecule has 1 amide bonds. The van der Waals surface area contributed by atoms with Gasteiger partial charge in [0.2, 0.25) is 0 Å². The van der Waals surface area contributed by atoms with Crippen LogP contribution in [0.25, 0.3) is 0 Å². The molecule has 90 valence electrons. The molecule has 0 unspecified atom stereocenters. The minimum Gasteiger partial charge on any atom is -0.396 e. The standard InChI is InChI=1S/C13H15FN2O/c1-5-13(3,4)16-12(17)9-7-11(15)10(14)6-8(9)2/h1,6-7H,15H2,2-4H3,(H,16,17). The molecule has 0 atom stereocenters. The zero-order valence-corrected chi connectivity index (χ0v) is 10.1. The van der Waals surface area contributed by atoms with Crippen molar-refractivity contribution in [1.29, 1.82) is 0 Å². The van der Waals surface area contributed by atoms with Gasteiger partial charge >= 0.3 is 0 Å². The van der Waals surface area contributed by atoms with Crippen molar-refractivity contribution in [1.82, 2.24) is 5.32 Å². The zero-order chi connectivity index (χ0) is 13.2. The minimum absolute atomic E-state index is 0.0562. The lowest BCUT2D eigenvalue weighted by Crippen LogP contribution is -2.42. The van der Waals surface area contributed by atoms with Gasteiger partial charge in [0.15, 0.2) is 0 Å². The van der Waals surface area contributed by atoms with E-state index in [4.69, 9.17) is 12.2 Å². The monoisotopic (exact) mass is 234 g/mol. The summed E-state index contributed by atoms with van der Waals surface area (Å²) in [7, 11) is 0. The molecule has 0 aliphatic carbocycles. The highest BCUT2D eigenvalue weighted by molar-refractivity contribution is 5.97. The normalized spacial score (nSPS) is 10.8. The lowest BCUT2D eigenvalue weighted by molar-refractivity contribution is 0.0929. The Hall–Kier alpha value is -2.02. The van der Waals surface area contributed by atoms with Crippen LogP contribution in [0, 0.1) is 25.1 Å². The number of amides is 1. The van der Waals surface area contributed by atoms with E-state index in [0.717, 1.165) is 0 Å². The molecule has 3 nitrogen and oxygen atoms in total. The molecule has 0 aromatic heterocycles. The van der Waals surface area contributed by atoms with E-state index in [1.165, 1.54) is 12.1 Å². The predicted octanol–water partition coefficient (Wildman–Crippen LogP) is 1.86. The van der Waals surface area contributed by atoms with Gasteiger partial charge in [-0.1, -0.05) is 5.92 Å². The Bertz CT molecular complexity index is 501. The summed E-state index contributed by atoms with van der Waals surface area (Å²) in [5.41, 5.74) is 5.46. The number of halogens is 1. The lowest BCUT2D eigenvalue weighted by atomic mass is 10.0. The maximum Gasteiger partial charge on any atom is 0.252 e. The minimum atomic E-state index is -0.757. The highest BCUT2D eigenvalue weighted by Gasteiger charge is 2.20. The molecule has 0 fully saturated rings. The maximum absolute atomic E-state index is 13.1. The predicted molar refractivity (Wildman–Crippen MR) is 65.9 cm³/mol. The fourth-order valence-electron chi connectivity index (χ4n) is 1.32. The van der Waals surface area contributed by atoms with Crippen LogP contribution in [0.4, 0.5) is 10.1 Å². The Labute approximate surface area is 100 Å². The number of anilines is 1. The van der Waals surface area contributed by atoms with E-state index in [2.05, 4.69) is 11.2 Å². The first-order valence-electron chi connectivity index (χ1n) is 5.13. The molecule has 0 saturated heterocycles. The second-order valence-corrected chi connectivity index (χ2v) is 4.41. The zero-order valence-electron chi connectivity index (χ0n) is 10.1. The smallest absolute Gasteiger partial charge is 0.252 e. The number of aryl methyl sites for hydroxylation is 1. The summed E-state index contributed by atoms with van der Waals surface area (Å²) in [5, 5.41) is 2.66. The lowest BCUT2D eigenvalue weighted by Gasteiger charge is -2.20. The van der Waals surface area contributed by atoms with Crippen molar-refractivity contribution in [2.45, 2.75) is 26.3 Å². The maximum atomic E-state index is 13.1. The molecule has 1 aromatic rings. The molecule has 3 N–H and O–H groups in total. The van der Waals surface area contributed by atoms with Crippen LogP contribution in [0.1, 0.15) is 29.8 Å². The second kappa shape index (κ2) is 4.46. The third-order valence-electron chi connectivity index (χ3n) is 2.38. The van der Waals surface area contributed by atoms with Gasteiger partial charge in [-0.05, 0) is 38.5 Å². The summed E-state index contributed by atoms with van der Waals surface area (Å²) in [6.45, 7) is 5.04. The summed E-state index contributed by atoms with van der Waals surface area (Å²) in [6.07, 6.45) is 5.28. The Balaban J connectivity index is 3.07. The second-order valence-electron chi connectivity index (χ2n) is 4.41. The van der Waals surface area contributed by atoms with Gasteiger partial charge in [-0.2, -0.15) is 0 Å². The Morgan fingerprint density at radius 2 is 2.12 bits per heavy atom. The average Bonchev–Trinajstić information content (AvgIpc) is 2.22. The molecule has 0 saturated carbocycles. The van der Waals surface area contributed by atoms with E-state index in [1.807, 2.05) is 0 Å². The van der Waals surface area contributed by atoms with Crippen LogP contribution < -0.4 is 11.1 Å². The van der Waals surface area contributed by atoms with Crippen LogP contribution in [-0.2, 0) is 0 Å². The van der Waals surface area contributed by atoms with E-state index >= 15 is 0 Å². The van der Waals surface area contributed by atoms with Crippen molar-refractivity contribution in [2.75, 3.05) is 5.73 Å². The molecule has 4 heteroatoms. The van der Waals surface area contributed by atoms with Gasteiger partial charge in [-0.15, -0.1) is 6.42 Å². The molecule has 0 bridgehead atoms. The molecule has 0 aliphatic heterocycles. The van der Waals surface area contributed by atoms with Gasteiger partial charge in [0, 0.05) is 5.56 Å². The largest absolute Gasteiger partial charge is 0.396 e. The molecule has 1 rings (SSSR count). The fourth-order valence-corrected chi connectivity index (χ4v) is 1.32. The van der Waals surface area contributed by atoms with Crippen LogP contribution in [0.15, 0.2) is 12.1 Å². The van der Waals surface area contributed by atoms with Crippen molar-refractivity contribution in [3.63, 3.8) is 0 Å². The Morgan fingerprint density at radius 3 is 2.65 bits per heavy atom. The number of hydrogen-bond acceptors (Lipinski definition) is 2. The summed E-state index contributed by atoms with van der Waals surface area (Å²) < 4.78 is 13.1. The van der Waals surface area contributed by atoms with E-state index in [-0.39, 0.29) is 11.6 Å². The number of nitrogens with two attached hydrogens (primary N) is 1. The molecule has 0 aliphatic rings. The van der Waals surface area contributed by atoms with Crippen LogP contribution in [-0.4, -0.2) is 11.4 Å². The molecular formula is C13H15FN2O. The van der Waals surface area contributed by atoms with Gasteiger partial charge < -0.3 is 11.1 Å². The quantitative estimate of drug-likeness (QED) is 0.606. The molecule has 17 heavy (non-hydrogen) atoms.